The summed E-state index contributed by atoms with van der Waals surface area (Å²) in [6, 6.07) is 0.910. The van der Waals surface area contributed by atoms with Gasteiger partial charge in [-0.1, -0.05) is 12.7 Å². The summed E-state index contributed by atoms with van der Waals surface area (Å²) in [5.74, 6) is -2.81. The van der Waals surface area contributed by atoms with E-state index in [1.807, 2.05) is 11.9 Å². The Morgan fingerprint density at radius 3 is 2.59 bits per heavy atom. The van der Waals surface area contributed by atoms with Gasteiger partial charge in [-0.15, -0.1) is 0 Å². The van der Waals surface area contributed by atoms with Crippen molar-refractivity contribution in [2.45, 2.75) is 6.54 Å². The number of anilines is 1. The van der Waals surface area contributed by atoms with E-state index < -0.39 is 35.3 Å². The third-order valence-electron chi connectivity index (χ3n) is 4.93. The Bertz CT molecular complexity index is 998. The van der Waals surface area contributed by atoms with E-state index in [4.69, 9.17) is 4.74 Å². The molecule has 0 bridgehead atoms. The van der Waals surface area contributed by atoms with Crippen LogP contribution in [0, 0.1) is 11.6 Å². The number of carbonyl (C=O) groups excluding carboxylic acids is 1. The van der Waals surface area contributed by atoms with Gasteiger partial charge in [-0.05, 0) is 13.1 Å². The normalized spacial score (nSPS) is 15.0. The molecule has 0 N–H and O–H groups in total. The van der Waals surface area contributed by atoms with Gasteiger partial charge in [0.05, 0.1) is 17.4 Å². The Kier molecular flexibility index (Phi) is 6.26. The fourth-order valence-corrected chi connectivity index (χ4v) is 3.42. The lowest BCUT2D eigenvalue weighted by Crippen LogP contribution is -2.45. The molecular weight excluding hydrogens is 387 g/mol. The van der Waals surface area contributed by atoms with Gasteiger partial charge in [0, 0.05) is 32.4 Å². The Morgan fingerprint density at radius 2 is 1.97 bits per heavy atom. The molecule has 1 aliphatic rings. The van der Waals surface area contributed by atoms with Crippen LogP contribution in [-0.2, 0) is 11.3 Å². The smallest absolute Gasteiger partial charge is 0.343 e. The summed E-state index contributed by atoms with van der Waals surface area (Å²) in [5, 5.41) is -0.334. The van der Waals surface area contributed by atoms with Crippen LogP contribution in [0.1, 0.15) is 10.4 Å². The highest BCUT2D eigenvalue weighted by Crippen LogP contribution is 2.30. The number of halogens is 3. The van der Waals surface area contributed by atoms with Gasteiger partial charge >= 0.3 is 5.97 Å². The lowest BCUT2D eigenvalue weighted by Gasteiger charge is -2.34. The van der Waals surface area contributed by atoms with E-state index in [0.717, 1.165) is 16.8 Å². The van der Waals surface area contributed by atoms with Crippen LogP contribution < -0.4 is 10.3 Å². The van der Waals surface area contributed by atoms with Crippen molar-refractivity contribution >= 4 is 22.6 Å². The monoisotopic (exact) mass is 409 g/mol. The zero-order valence-corrected chi connectivity index (χ0v) is 16.1. The maximum atomic E-state index is 15.4. The summed E-state index contributed by atoms with van der Waals surface area (Å²) < 4.78 is 49.3. The van der Waals surface area contributed by atoms with Crippen molar-refractivity contribution in [2.24, 2.45) is 0 Å². The quantitative estimate of drug-likeness (QED) is 0.542. The summed E-state index contributed by atoms with van der Waals surface area (Å²) in [4.78, 5) is 28.5. The molecule has 0 saturated carbocycles. The van der Waals surface area contributed by atoms with E-state index in [0.29, 0.717) is 26.2 Å². The number of fused-ring (bicyclic) bond motifs is 1. The second kappa shape index (κ2) is 8.69. The van der Waals surface area contributed by atoms with Crippen molar-refractivity contribution in [3.63, 3.8) is 0 Å². The predicted molar refractivity (Wildman–Crippen MR) is 104 cm³/mol. The lowest BCUT2D eigenvalue weighted by molar-refractivity contribution is 0.0547. The molecule has 0 radical (unpaired) electrons. The van der Waals surface area contributed by atoms with Crippen molar-refractivity contribution in [3.8, 4) is 0 Å². The van der Waals surface area contributed by atoms with Crippen molar-refractivity contribution in [3.05, 3.63) is 52.3 Å². The number of likely N-dealkylation sites (N-methyl/N-ethyl adjacent to an activating group) is 1. The number of carbonyl (C=O) groups is 1. The molecule has 0 aliphatic carbocycles. The summed E-state index contributed by atoms with van der Waals surface area (Å²) in [6.07, 6.45) is 2.38. The van der Waals surface area contributed by atoms with Crippen molar-refractivity contribution < 1.29 is 22.7 Å². The molecule has 156 valence electrons. The van der Waals surface area contributed by atoms with Gasteiger partial charge in [0.25, 0.3) is 0 Å². The van der Waals surface area contributed by atoms with Gasteiger partial charge < -0.3 is 19.1 Å². The maximum Gasteiger partial charge on any atom is 0.343 e. The van der Waals surface area contributed by atoms with Crippen molar-refractivity contribution in [1.29, 1.82) is 0 Å². The first-order chi connectivity index (χ1) is 13.9. The highest BCUT2D eigenvalue weighted by molar-refractivity contribution is 5.95. The first-order valence-electron chi connectivity index (χ1n) is 9.21. The first-order valence-corrected chi connectivity index (χ1v) is 9.21. The van der Waals surface area contributed by atoms with Crippen molar-refractivity contribution in [1.82, 2.24) is 9.47 Å². The molecule has 3 rings (SSSR count). The van der Waals surface area contributed by atoms with E-state index in [1.165, 1.54) is 6.08 Å². The number of alkyl halides is 1. The second-order valence-corrected chi connectivity index (χ2v) is 6.85. The van der Waals surface area contributed by atoms with Gasteiger partial charge in [0.15, 0.2) is 5.82 Å². The number of piperazine rings is 1. The minimum absolute atomic E-state index is 0.134. The largest absolute Gasteiger partial charge is 0.458 e. The fraction of sp³-hybridized carbons (Fsp3) is 0.400. The van der Waals surface area contributed by atoms with Crippen LogP contribution in [0.25, 0.3) is 10.9 Å². The van der Waals surface area contributed by atoms with E-state index in [9.17, 15) is 18.4 Å². The minimum Gasteiger partial charge on any atom is -0.458 e. The third-order valence-corrected chi connectivity index (χ3v) is 4.93. The van der Waals surface area contributed by atoms with E-state index in [2.05, 4.69) is 6.58 Å². The van der Waals surface area contributed by atoms with Crippen LogP contribution in [0.4, 0.5) is 18.9 Å². The number of aromatic nitrogens is 1. The number of rotatable bonds is 6. The topological polar surface area (TPSA) is 54.8 Å². The molecule has 1 aromatic carbocycles. The van der Waals surface area contributed by atoms with Gasteiger partial charge in [0.2, 0.25) is 5.43 Å². The Labute approximate surface area is 165 Å². The zero-order valence-electron chi connectivity index (χ0n) is 16.1. The van der Waals surface area contributed by atoms with Crippen LogP contribution in [0.5, 0.6) is 0 Å². The van der Waals surface area contributed by atoms with Crippen LogP contribution in [-0.4, -0.2) is 61.9 Å². The van der Waals surface area contributed by atoms with Crippen molar-refractivity contribution in [2.75, 3.05) is 51.4 Å². The fourth-order valence-electron chi connectivity index (χ4n) is 3.42. The molecule has 0 unspecified atom stereocenters. The number of hydrogen-bond acceptors (Lipinski definition) is 5. The minimum atomic E-state index is -0.964. The van der Waals surface area contributed by atoms with E-state index >= 15 is 4.39 Å². The highest BCUT2D eigenvalue weighted by atomic mass is 19.1. The number of hydrogen-bond donors (Lipinski definition) is 0. The Balaban J connectivity index is 2.20. The Hall–Kier alpha value is -2.81. The molecule has 0 atom stereocenters. The van der Waals surface area contributed by atoms with Crippen LogP contribution in [0.2, 0.25) is 0 Å². The molecule has 2 heterocycles. The first kappa shape index (κ1) is 20.9. The number of ether oxygens (including phenoxy) is 1. The summed E-state index contributed by atoms with van der Waals surface area (Å²) in [5.41, 5.74) is -1.77. The van der Waals surface area contributed by atoms with Crippen LogP contribution >= 0.6 is 0 Å². The molecule has 1 aromatic heterocycles. The molecule has 1 saturated heterocycles. The number of pyridine rings is 1. The summed E-state index contributed by atoms with van der Waals surface area (Å²) >= 11 is 0. The number of aryl methyl sites for hydroxylation is 1. The SMILES string of the molecule is C=CCOC(=O)c1cn(CCF)c2c(F)c(N3CCN(C)CC3)c(F)cc2c1=O. The summed E-state index contributed by atoms with van der Waals surface area (Å²) in [6.45, 7) is 4.19. The second-order valence-electron chi connectivity index (χ2n) is 6.85. The number of benzene rings is 1. The van der Waals surface area contributed by atoms with Gasteiger partial charge in [0.1, 0.15) is 30.3 Å². The average Bonchev–Trinajstić information content (AvgIpc) is 2.69. The highest BCUT2D eigenvalue weighted by Gasteiger charge is 2.27. The molecule has 1 fully saturated rings. The van der Waals surface area contributed by atoms with Crippen LogP contribution in [0.3, 0.4) is 0 Å². The molecule has 29 heavy (non-hydrogen) atoms. The molecule has 0 amide bonds. The molecular formula is C20H22F3N3O3. The predicted octanol–water partition coefficient (Wildman–Crippen LogP) is 2.34. The van der Waals surface area contributed by atoms with E-state index in [-0.39, 0.29) is 29.7 Å². The zero-order chi connectivity index (χ0) is 21.1. The number of esters is 1. The van der Waals surface area contributed by atoms with Crippen LogP contribution in [0.15, 0.2) is 29.7 Å². The lowest BCUT2D eigenvalue weighted by atomic mass is 10.1. The maximum absolute atomic E-state index is 15.4. The molecule has 2 aromatic rings. The van der Waals surface area contributed by atoms with Gasteiger partial charge in [-0.25, -0.2) is 18.0 Å². The molecule has 1 aliphatic heterocycles. The standard InChI is InChI=1S/C20H22F3N3O3/c1-3-10-29-20(28)14-12-26(5-4-21)17-13(19(14)27)11-15(22)18(16(17)23)25-8-6-24(2)7-9-25/h3,11-12H,1,4-10H2,2H3. The van der Waals surface area contributed by atoms with Gasteiger partial charge in [-0.3, -0.25) is 4.79 Å². The average molecular weight is 409 g/mol. The third kappa shape index (κ3) is 4.00. The molecule has 9 heteroatoms. The number of nitrogens with zero attached hydrogens (tertiary/aromatic N) is 3. The Morgan fingerprint density at radius 1 is 1.28 bits per heavy atom. The van der Waals surface area contributed by atoms with Gasteiger partial charge in [-0.2, -0.15) is 0 Å². The molecule has 6 nitrogen and oxygen atoms in total. The summed E-state index contributed by atoms with van der Waals surface area (Å²) in [7, 11) is 1.91. The van der Waals surface area contributed by atoms with E-state index in [1.54, 1.807) is 4.90 Å². The molecule has 0 spiro atoms.